The van der Waals surface area contributed by atoms with Gasteiger partial charge >= 0.3 is 0 Å². The van der Waals surface area contributed by atoms with Crippen molar-refractivity contribution in [2.75, 3.05) is 37.4 Å². The first kappa shape index (κ1) is 11.7. The van der Waals surface area contributed by atoms with Gasteiger partial charge in [-0.15, -0.1) is 0 Å². The highest BCUT2D eigenvalue weighted by Gasteiger charge is 2.00. The number of nitrogens with one attached hydrogen (secondary N) is 1. The number of benzene rings is 1. The van der Waals surface area contributed by atoms with E-state index in [0.29, 0.717) is 31.1 Å². The third kappa shape index (κ3) is 4.14. The highest BCUT2D eigenvalue weighted by molar-refractivity contribution is 5.52. The van der Waals surface area contributed by atoms with Crippen molar-refractivity contribution in [1.82, 2.24) is 0 Å². The van der Waals surface area contributed by atoms with Crippen molar-refractivity contribution in [1.29, 1.82) is 0 Å². The molecule has 4 N–H and O–H groups in total. The van der Waals surface area contributed by atoms with Crippen LogP contribution in [0.15, 0.2) is 18.2 Å². The Bertz CT molecular complexity index is 307. The molecule has 0 bridgehead atoms. The number of hydrogen-bond acceptors (Lipinski definition) is 4. The van der Waals surface area contributed by atoms with Crippen molar-refractivity contribution >= 4 is 11.4 Å². The number of nitrogen functional groups attached to an aromatic ring is 1. The van der Waals surface area contributed by atoms with Crippen molar-refractivity contribution in [3.05, 3.63) is 24.0 Å². The average Bonchev–Trinajstić information content (AvgIpc) is 2.20. The van der Waals surface area contributed by atoms with Gasteiger partial charge < -0.3 is 20.9 Å². The summed E-state index contributed by atoms with van der Waals surface area (Å²) in [6.07, 6.45) is 0. The Kier molecular flexibility index (Phi) is 4.86. The Morgan fingerprint density at radius 2 is 2.20 bits per heavy atom. The van der Waals surface area contributed by atoms with Gasteiger partial charge in [0.1, 0.15) is 5.82 Å². The molecule has 0 saturated heterocycles. The number of hydrogen-bond donors (Lipinski definition) is 3. The van der Waals surface area contributed by atoms with Crippen LogP contribution in [0.2, 0.25) is 0 Å². The zero-order chi connectivity index (χ0) is 11.1. The lowest BCUT2D eigenvalue weighted by Gasteiger charge is -2.08. The van der Waals surface area contributed by atoms with Crippen LogP contribution in [-0.2, 0) is 4.74 Å². The van der Waals surface area contributed by atoms with Crippen LogP contribution in [0.3, 0.4) is 0 Å². The summed E-state index contributed by atoms with van der Waals surface area (Å²) in [7, 11) is 0. The molecule has 0 unspecified atom stereocenters. The number of nitrogens with two attached hydrogens (primary N) is 1. The molecule has 15 heavy (non-hydrogen) atoms. The molecule has 0 amide bonds. The maximum Gasteiger partial charge on any atom is 0.148 e. The predicted octanol–water partition coefficient (Wildman–Crippen LogP) is 0.829. The van der Waals surface area contributed by atoms with Gasteiger partial charge in [-0.05, 0) is 18.2 Å². The van der Waals surface area contributed by atoms with Crippen molar-refractivity contribution in [2.24, 2.45) is 0 Å². The van der Waals surface area contributed by atoms with Crippen LogP contribution < -0.4 is 11.1 Å². The van der Waals surface area contributed by atoms with Crippen LogP contribution in [0, 0.1) is 5.82 Å². The van der Waals surface area contributed by atoms with E-state index in [1.807, 2.05) is 0 Å². The highest BCUT2D eigenvalue weighted by Crippen LogP contribution is 2.16. The zero-order valence-electron chi connectivity index (χ0n) is 8.37. The molecule has 0 aliphatic carbocycles. The van der Waals surface area contributed by atoms with Crippen LogP contribution in [0.4, 0.5) is 15.8 Å². The second-order valence-electron chi connectivity index (χ2n) is 3.00. The van der Waals surface area contributed by atoms with E-state index in [0.717, 1.165) is 0 Å². The summed E-state index contributed by atoms with van der Waals surface area (Å²) in [6.45, 7) is 1.20. The molecule has 1 aromatic rings. The average molecular weight is 214 g/mol. The molecule has 84 valence electrons. The molecule has 0 spiro atoms. The molecule has 0 atom stereocenters. The van der Waals surface area contributed by atoms with Crippen molar-refractivity contribution in [3.8, 4) is 0 Å². The lowest BCUT2D eigenvalue weighted by atomic mass is 10.2. The maximum absolute atomic E-state index is 13.2. The number of aliphatic hydroxyl groups excluding tert-OH is 1. The van der Waals surface area contributed by atoms with Gasteiger partial charge in [0.2, 0.25) is 0 Å². The minimum Gasteiger partial charge on any atom is -0.399 e. The molecule has 0 aliphatic rings. The number of anilines is 2. The summed E-state index contributed by atoms with van der Waals surface area (Å²) in [6, 6.07) is 4.47. The Hall–Kier alpha value is -1.33. The first-order valence-corrected chi connectivity index (χ1v) is 4.71. The number of rotatable bonds is 6. The van der Waals surface area contributed by atoms with Crippen LogP contribution in [0.5, 0.6) is 0 Å². The van der Waals surface area contributed by atoms with E-state index in [1.54, 1.807) is 12.1 Å². The topological polar surface area (TPSA) is 67.5 Å². The van der Waals surface area contributed by atoms with E-state index in [4.69, 9.17) is 15.6 Å². The Balaban J connectivity index is 2.31. The lowest BCUT2D eigenvalue weighted by Crippen LogP contribution is -2.12. The maximum atomic E-state index is 13.2. The molecule has 0 aliphatic heterocycles. The number of aliphatic hydroxyl groups is 1. The third-order valence-electron chi connectivity index (χ3n) is 1.79. The molecule has 0 aromatic heterocycles. The highest BCUT2D eigenvalue weighted by atomic mass is 19.1. The summed E-state index contributed by atoms with van der Waals surface area (Å²) in [5.74, 6) is -0.378. The minimum absolute atomic E-state index is 0.00374. The van der Waals surface area contributed by atoms with Gasteiger partial charge in [-0.25, -0.2) is 4.39 Å². The summed E-state index contributed by atoms with van der Waals surface area (Å²) < 4.78 is 18.2. The molecule has 0 radical (unpaired) electrons. The zero-order valence-corrected chi connectivity index (χ0v) is 8.37. The molecular formula is C10H15FN2O2. The first-order chi connectivity index (χ1) is 7.24. The van der Waals surface area contributed by atoms with Gasteiger partial charge in [-0.2, -0.15) is 0 Å². The second kappa shape index (κ2) is 6.21. The van der Waals surface area contributed by atoms with Gasteiger partial charge in [0.15, 0.2) is 0 Å². The molecule has 1 rings (SSSR count). The van der Waals surface area contributed by atoms with Crippen molar-refractivity contribution in [2.45, 2.75) is 0 Å². The van der Waals surface area contributed by atoms with Gasteiger partial charge in [-0.3, -0.25) is 0 Å². The summed E-state index contributed by atoms with van der Waals surface area (Å²) >= 11 is 0. The van der Waals surface area contributed by atoms with E-state index in [9.17, 15) is 4.39 Å². The summed E-state index contributed by atoms with van der Waals surface area (Å²) in [5.41, 5.74) is 6.20. The fraction of sp³-hybridized carbons (Fsp3) is 0.400. The van der Waals surface area contributed by atoms with E-state index in [2.05, 4.69) is 5.32 Å². The van der Waals surface area contributed by atoms with Gasteiger partial charge in [0, 0.05) is 12.2 Å². The summed E-state index contributed by atoms with van der Waals surface area (Å²) in [5, 5.41) is 11.3. The van der Waals surface area contributed by atoms with Gasteiger partial charge in [0.25, 0.3) is 0 Å². The molecule has 4 nitrogen and oxygen atoms in total. The van der Waals surface area contributed by atoms with Crippen LogP contribution in [-0.4, -0.2) is 31.5 Å². The predicted molar refractivity (Wildman–Crippen MR) is 57.2 cm³/mol. The van der Waals surface area contributed by atoms with Crippen molar-refractivity contribution in [3.63, 3.8) is 0 Å². The van der Waals surface area contributed by atoms with E-state index in [1.165, 1.54) is 6.07 Å². The Morgan fingerprint density at radius 1 is 1.40 bits per heavy atom. The number of halogens is 1. The Morgan fingerprint density at radius 3 is 2.87 bits per heavy atom. The second-order valence-corrected chi connectivity index (χ2v) is 3.00. The summed E-state index contributed by atoms with van der Waals surface area (Å²) in [4.78, 5) is 0. The minimum atomic E-state index is -0.378. The van der Waals surface area contributed by atoms with Crippen LogP contribution in [0.1, 0.15) is 0 Å². The number of ether oxygens (including phenoxy) is 1. The lowest BCUT2D eigenvalue weighted by molar-refractivity contribution is 0.0992. The largest absolute Gasteiger partial charge is 0.399 e. The first-order valence-electron chi connectivity index (χ1n) is 4.71. The third-order valence-corrected chi connectivity index (χ3v) is 1.79. The molecule has 5 heteroatoms. The molecule has 1 aromatic carbocycles. The van der Waals surface area contributed by atoms with E-state index < -0.39 is 0 Å². The van der Waals surface area contributed by atoms with Gasteiger partial charge in [-0.1, -0.05) is 0 Å². The van der Waals surface area contributed by atoms with E-state index >= 15 is 0 Å². The van der Waals surface area contributed by atoms with Gasteiger partial charge in [0.05, 0.1) is 25.5 Å². The fourth-order valence-electron chi connectivity index (χ4n) is 1.10. The smallest absolute Gasteiger partial charge is 0.148 e. The van der Waals surface area contributed by atoms with Crippen LogP contribution >= 0.6 is 0 Å². The van der Waals surface area contributed by atoms with E-state index in [-0.39, 0.29) is 12.4 Å². The normalized spacial score (nSPS) is 10.3. The molecular weight excluding hydrogens is 199 g/mol. The quantitative estimate of drug-likeness (QED) is 0.484. The van der Waals surface area contributed by atoms with Crippen LogP contribution in [0.25, 0.3) is 0 Å². The standard InChI is InChI=1S/C10H15FN2O2/c11-9-7-8(12)1-2-10(9)13-3-5-15-6-4-14/h1-2,7,13-14H,3-6,12H2. The Labute approximate surface area is 87.9 Å². The molecule has 0 saturated carbocycles. The fourth-order valence-corrected chi connectivity index (χ4v) is 1.10. The van der Waals surface area contributed by atoms with Crippen molar-refractivity contribution < 1.29 is 14.2 Å². The SMILES string of the molecule is Nc1ccc(NCCOCCO)c(F)c1. The molecule has 0 fully saturated rings. The monoisotopic (exact) mass is 214 g/mol. The molecule has 0 heterocycles.